The van der Waals surface area contributed by atoms with Crippen LogP contribution in [0.25, 0.3) is 0 Å². The summed E-state index contributed by atoms with van der Waals surface area (Å²) in [5.41, 5.74) is 3.70. The minimum absolute atomic E-state index is 0.697. The zero-order valence-electron chi connectivity index (χ0n) is 19.3. The molecule has 0 amide bonds. The van der Waals surface area contributed by atoms with Crippen molar-refractivity contribution in [2.75, 3.05) is 33.2 Å². The fraction of sp³-hybridized carbons (Fsp3) is 0.600. The molecule has 31 heavy (non-hydrogen) atoms. The Balaban J connectivity index is 1.27. The number of aromatic nitrogens is 1. The van der Waals surface area contributed by atoms with Crippen LogP contribution in [0.3, 0.4) is 0 Å². The monoisotopic (exact) mass is 423 g/mol. The smallest absolute Gasteiger partial charge is 0.193 e. The van der Waals surface area contributed by atoms with Gasteiger partial charge in [0.15, 0.2) is 5.96 Å². The Hall–Kier alpha value is -2.34. The Kier molecular flexibility index (Phi) is 7.28. The van der Waals surface area contributed by atoms with Crippen molar-refractivity contribution in [3.63, 3.8) is 0 Å². The van der Waals surface area contributed by atoms with E-state index in [1.165, 1.54) is 36.9 Å². The minimum Gasteiger partial charge on any atom is -0.361 e. The Labute approximate surface area is 186 Å². The molecule has 2 aromatic rings. The number of fused-ring (bicyclic) bond motifs is 1. The summed E-state index contributed by atoms with van der Waals surface area (Å²) in [6.07, 6.45) is 5.88. The fourth-order valence-corrected chi connectivity index (χ4v) is 5.37. The number of nitrogens with zero attached hydrogens (tertiary/aromatic N) is 4. The van der Waals surface area contributed by atoms with Gasteiger partial charge < -0.3 is 14.7 Å². The van der Waals surface area contributed by atoms with Gasteiger partial charge in [0, 0.05) is 44.8 Å². The van der Waals surface area contributed by atoms with E-state index in [0.29, 0.717) is 6.04 Å². The maximum absolute atomic E-state index is 5.28. The lowest BCUT2D eigenvalue weighted by atomic mass is 9.83. The van der Waals surface area contributed by atoms with Crippen molar-refractivity contribution in [2.24, 2.45) is 10.9 Å². The third kappa shape index (κ3) is 5.29. The Morgan fingerprint density at radius 1 is 1.19 bits per heavy atom. The molecule has 1 aromatic heterocycles. The number of hydrogen-bond acceptors (Lipinski definition) is 4. The SMILES string of the molecule is CN=C(NCCCc1c(C)noc1C)N1CCC2C(CCCN2Cc2ccccc2)C1. The molecule has 0 aliphatic carbocycles. The van der Waals surface area contributed by atoms with Gasteiger partial charge in [0.05, 0.1) is 5.69 Å². The normalized spacial score (nSPS) is 22.4. The molecule has 0 saturated carbocycles. The number of hydrogen-bond donors (Lipinski definition) is 1. The molecule has 2 unspecified atom stereocenters. The fourth-order valence-electron chi connectivity index (χ4n) is 5.37. The predicted octanol–water partition coefficient (Wildman–Crippen LogP) is 3.79. The summed E-state index contributed by atoms with van der Waals surface area (Å²) in [5.74, 6) is 2.73. The number of piperidine rings is 2. The van der Waals surface area contributed by atoms with Crippen LogP contribution in [0.4, 0.5) is 0 Å². The molecule has 1 N–H and O–H groups in total. The topological polar surface area (TPSA) is 56.9 Å². The van der Waals surface area contributed by atoms with Gasteiger partial charge in [0.25, 0.3) is 0 Å². The van der Waals surface area contributed by atoms with E-state index in [1.807, 2.05) is 20.9 Å². The number of aliphatic imine (C=N–C) groups is 1. The lowest BCUT2D eigenvalue weighted by Gasteiger charge is -2.48. The van der Waals surface area contributed by atoms with Crippen molar-refractivity contribution >= 4 is 5.96 Å². The highest BCUT2D eigenvalue weighted by molar-refractivity contribution is 5.80. The third-order valence-electron chi connectivity index (χ3n) is 6.99. The van der Waals surface area contributed by atoms with Gasteiger partial charge in [0.2, 0.25) is 0 Å². The van der Waals surface area contributed by atoms with Gasteiger partial charge in [-0.1, -0.05) is 35.5 Å². The molecule has 0 radical (unpaired) electrons. The van der Waals surface area contributed by atoms with Crippen molar-refractivity contribution in [3.05, 3.63) is 52.9 Å². The summed E-state index contributed by atoms with van der Waals surface area (Å²) in [6, 6.07) is 11.6. The average molecular weight is 424 g/mol. The van der Waals surface area contributed by atoms with Crippen molar-refractivity contribution in [3.8, 4) is 0 Å². The Morgan fingerprint density at radius 2 is 2.03 bits per heavy atom. The molecular weight excluding hydrogens is 386 g/mol. The summed E-state index contributed by atoms with van der Waals surface area (Å²) >= 11 is 0. The van der Waals surface area contributed by atoms with Gasteiger partial charge in [-0.15, -0.1) is 0 Å². The van der Waals surface area contributed by atoms with Gasteiger partial charge >= 0.3 is 0 Å². The van der Waals surface area contributed by atoms with Crippen molar-refractivity contribution in [2.45, 2.75) is 58.5 Å². The van der Waals surface area contributed by atoms with Crippen molar-refractivity contribution in [1.82, 2.24) is 20.3 Å². The zero-order valence-corrected chi connectivity index (χ0v) is 19.3. The predicted molar refractivity (Wildman–Crippen MR) is 125 cm³/mol. The first-order valence-electron chi connectivity index (χ1n) is 11.8. The number of benzene rings is 1. The number of likely N-dealkylation sites (tertiary alicyclic amines) is 2. The molecule has 4 rings (SSSR count). The largest absolute Gasteiger partial charge is 0.361 e. The van der Waals surface area contributed by atoms with Crippen LogP contribution in [0.2, 0.25) is 0 Å². The van der Waals surface area contributed by atoms with Crippen molar-refractivity contribution < 1.29 is 4.52 Å². The van der Waals surface area contributed by atoms with Crippen LogP contribution in [0.5, 0.6) is 0 Å². The van der Waals surface area contributed by atoms with Gasteiger partial charge in [-0.05, 0) is 64.0 Å². The summed E-state index contributed by atoms with van der Waals surface area (Å²) < 4.78 is 5.28. The quantitative estimate of drug-likeness (QED) is 0.435. The van der Waals surface area contributed by atoms with Crippen LogP contribution in [-0.4, -0.2) is 60.2 Å². The first-order chi connectivity index (χ1) is 15.2. The van der Waals surface area contributed by atoms with Gasteiger partial charge in [0.1, 0.15) is 5.76 Å². The van der Waals surface area contributed by atoms with Crippen LogP contribution in [0.15, 0.2) is 39.8 Å². The second-order valence-corrected chi connectivity index (χ2v) is 9.04. The molecule has 6 nitrogen and oxygen atoms in total. The number of guanidine groups is 1. The highest BCUT2D eigenvalue weighted by Crippen LogP contribution is 2.31. The van der Waals surface area contributed by atoms with Crippen LogP contribution in [0, 0.1) is 19.8 Å². The van der Waals surface area contributed by atoms with E-state index in [9.17, 15) is 0 Å². The third-order valence-corrected chi connectivity index (χ3v) is 6.99. The van der Waals surface area contributed by atoms with Gasteiger partial charge in [-0.25, -0.2) is 0 Å². The Morgan fingerprint density at radius 3 is 2.77 bits per heavy atom. The molecule has 2 aliphatic heterocycles. The molecule has 2 fully saturated rings. The molecule has 168 valence electrons. The second kappa shape index (κ2) is 10.3. The maximum atomic E-state index is 5.28. The summed E-state index contributed by atoms with van der Waals surface area (Å²) in [4.78, 5) is 9.79. The van der Waals surface area contributed by atoms with E-state index < -0.39 is 0 Å². The Bertz CT molecular complexity index is 843. The average Bonchev–Trinajstić information content (AvgIpc) is 3.12. The van der Waals surface area contributed by atoms with E-state index in [2.05, 4.69) is 55.6 Å². The highest BCUT2D eigenvalue weighted by Gasteiger charge is 2.36. The standard InChI is InChI=1S/C25H37N5O/c1-19-23(20(2)31-28-19)12-7-14-27-25(26-3)30-16-13-24-22(18-30)11-8-15-29(24)17-21-9-5-4-6-10-21/h4-6,9-10,22,24H,7-8,11-18H2,1-3H3,(H,26,27). The molecule has 1 aromatic carbocycles. The second-order valence-electron chi connectivity index (χ2n) is 9.04. The first kappa shape index (κ1) is 21.9. The number of nitrogens with one attached hydrogen (secondary N) is 1. The highest BCUT2D eigenvalue weighted by atomic mass is 16.5. The zero-order chi connectivity index (χ0) is 21.6. The van der Waals surface area contributed by atoms with Gasteiger partial charge in [-0.2, -0.15) is 0 Å². The van der Waals surface area contributed by atoms with Crippen LogP contribution >= 0.6 is 0 Å². The summed E-state index contributed by atoms with van der Waals surface area (Å²) in [6.45, 7) is 9.43. The summed E-state index contributed by atoms with van der Waals surface area (Å²) in [7, 11) is 1.91. The molecule has 2 saturated heterocycles. The minimum atomic E-state index is 0.697. The molecular formula is C25H37N5O. The van der Waals surface area contributed by atoms with Crippen molar-refractivity contribution in [1.29, 1.82) is 0 Å². The number of aryl methyl sites for hydroxylation is 2. The van der Waals surface area contributed by atoms with E-state index in [-0.39, 0.29) is 0 Å². The van der Waals surface area contributed by atoms with E-state index in [4.69, 9.17) is 4.52 Å². The van der Waals surface area contributed by atoms with Crippen LogP contribution in [0.1, 0.15) is 48.3 Å². The lowest BCUT2D eigenvalue weighted by molar-refractivity contribution is 0.0372. The molecule has 0 spiro atoms. The van der Waals surface area contributed by atoms with E-state index in [0.717, 1.165) is 62.4 Å². The first-order valence-corrected chi connectivity index (χ1v) is 11.8. The lowest BCUT2D eigenvalue weighted by Crippen LogP contribution is -2.56. The van der Waals surface area contributed by atoms with Crippen LogP contribution < -0.4 is 5.32 Å². The van der Waals surface area contributed by atoms with E-state index in [1.54, 1.807) is 0 Å². The molecule has 2 atom stereocenters. The molecule has 2 aliphatic rings. The molecule has 6 heteroatoms. The molecule has 3 heterocycles. The van der Waals surface area contributed by atoms with E-state index >= 15 is 0 Å². The van der Waals surface area contributed by atoms with Crippen LogP contribution in [-0.2, 0) is 13.0 Å². The summed E-state index contributed by atoms with van der Waals surface area (Å²) in [5, 5.41) is 7.66. The maximum Gasteiger partial charge on any atom is 0.193 e. The van der Waals surface area contributed by atoms with Gasteiger partial charge in [-0.3, -0.25) is 9.89 Å². The molecule has 0 bridgehead atoms. The number of rotatable bonds is 6.